The predicted octanol–water partition coefficient (Wildman–Crippen LogP) is 2.02. The Bertz CT molecular complexity index is 425. The number of aromatic nitrogens is 2. The van der Waals surface area contributed by atoms with Crippen LogP contribution in [-0.4, -0.2) is 16.3 Å². The van der Waals surface area contributed by atoms with Crippen LogP contribution in [0.3, 0.4) is 0 Å². The quantitative estimate of drug-likeness (QED) is 0.784. The van der Waals surface area contributed by atoms with Crippen LogP contribution in [0.5, 0.6) is 5.75 Å². The summed E-state index contributed by atoms with van der Waals surface area (Å²) >= 11 is 0. The summed E-state index contributed by atoms with van der Waals surface area (Å²) in [6, 6.07) is 8.84. The molecule has 1 amide bonds. The number of hydrogen-bond donors (Lipinski definition) is 2. The van der Waals surface area contributed by atoms with Gasteiger partial charge in [-0.15, -0.1) is 0 Å². The fraction of sp³-hybridized carbons (Fsp3) is 0. The molecule has 2 aromatic rings. The largest absolute Gasteiger partial charge is 0.417 e. The molecule has 2 N–H and O–H groups in total. The highest BCUT2D eigenvalue weighted by Gasteiger charge is 2.04. The van der Waals surface area contributed by atoms with E-state index in [1.54, 1.807) is 30.5 Å². The van der Waals surface area contributed by atoms with E-state index >= 15 is 0 Å². The van der Waals surface area contributed by atoms with Gasteiger partial charge in [0.15, 0.2) is 0 Å². The molecule has 0 spiro atoms. The normalized spacial score (nSPS) is 9.60. The lowest BCUT2D eigenvalue weighted by Crippen LogP contribution is -2.16. The van der Waals surface area contributed by atoms with Gasteiger partial charge in [0.05, 0.1) is 11.9 Å². The lowest BCUT2D eigenvalue weighted by molar-refractivity contribution is 0.215. The molecule has 0 bridgehead atoms. The second kappa shape index (κ2) is 4.28. The molecule has 0 atom stereocenters. The molecule has 1 aromatic carbocycles. The van der Waals surface area contributed by atoms with Gasteiger partial charge in [0, 0.05) is 6.20 Å². The van der Waals surface area contributed by atoms with Crippen LogP contribution in [0.15, 0.2) is 42.7 Å². The van der Waals surface area contributed by atoms with Crippen molar-refractivity contribution < 1.29 is 9.53 Å². The third kappa shape index (κ3) is 2.57. The van der Waals surface area contributed by atoms with E-state index in [1.807, 2.05) is 6.07 Å². The average Bonchev–Trinajstić information content (AvgIpc) is 2.71. The molecule has 5 nitrogen and oxygen atoms in total. The summed E-state index contributed by atoms with van der Waals surface area (Å²) in [5.41, 5.74) is 0.566. The highest BCUT2D eigenvalue weighted by molar-refractivity contribution is 5.85. The number of ether oxygens (including phenoxy) is 1. The van der Waals surface area contributed by atoms with Gasteiger partial charge in [0.25, 0.3) is 0 Å². The van der Waals surface area contributed by atoms with Crippen LogP contribution in [0.25, 0.3) is 0 Å². The first-order valence-electron chi connectivity index (χ1n) is 4.37. The Hall–Kier alpha value is -2.30. The number of anilines is 1. The minimum absolute atomic E-state index is 0.499. The number of aromatic amines is 1. The molecule has 1 aromatic heterocycles. The standard InChI is InChI=1S/C10H9N3O2/c14-10(13-8-6-11-12-7-8)15-9-4-2-1-3-5-9/h1-7H,(H,11,12)(H,13,14). The first-order valence-corrected chi connectivity index (χ1v) is 4.37. The highest BCUT2D eigenvalue weighted by Crippen LogP contribution is 2.10. The van der Waals surface area contributed by atoms with Crippen molar-refractivity contribution in [2.24, 2.45) is 0 Å². The number of nitrogens with zero attached hydrogens (tertiary/aromatic N) is 1. The minimum atomic E-state index is -0.539. The smallest absolute Gasteiger partial charge is 0.410 e. The van der Waals surface area contributed by atoms with Crippen molar-refractivity contribution in [3.8, 4) is 5.75 Å². The number of nitrogens with one attached hydrogen (secondary N) is 2. The van der Waals surface area contributed by atoms with E-state index in [4.69, 9.17) is 4.74 Å². The van der Waals surface area contributed by atoms with Crippen molar-refractivity contribution >= 4 is 11.8 Å². The summed E-state index contributed by atoms with van der Waals surface area (Å²) in [6.07, 6.45) is 2.51. The van der Waals surface area contributed by atoms with Gasteiger partial charge in [0.1, 0.15) is 5.75 Å². The van der Waals surface area contributed by atoms with E-state index < -0.39 is 6.09 Å². The lowest BCUT2D eigenvalue weighted by Gasteiger charge is -2.03. The van der Waals surface area contributed by atoms with Gasteiger partial charge < -0.3 is 4.74 Å². The topological polar surface area (TPSA) is 67.0 Å². The SMILES string of the molecule is O=C(Nc1cn[nH]c1)Oc1ccccc1. The maximum absolute atomic E-state index is 11.3. The molecule has 0 saturated carbocycles. The summed E-state index contributed by atoms with van der Waals surface area (Å²) < 4.78 is 5.00. The monoisotopic (exact) mass is 203 g/mol. The zero-order valence-corrected chi connectivity index (χ0v) is 7.81. The zero-order valence-electron chi connectivity index (χ0n) is 7.81. The minimum Gasteiger partial charge on any atom is -0.410 e. The first-order chi connectivity index (χ1) is 7.34. The summed E-state index contributed by atoms with van der Waals surface area (Å²) in [7, 11) is 0. The second-order valence-corrected chi connectivity index (χ2v) is 2.81. The van der Waals surface area contributed by atoms with E-state index in [-0.39, 0.29) is 0 Å². The van der Waals surface area contributed by atoms with Crippen LogP contribution in [0.4, 0.5) is 10.5 Å². The molecule has 0 aliphatic carbocycles. The molecule has 0 radical (unpaired) electrons. The Morgan fingerprint density at radius 1 is 1.33 bits per heavy atom. The Morgan fingerprint density at radius 2 is 2.13 bits per heavy atom. The molecule has 0 saturated heterocycles. The van der Waals surface area contributed by atoms with Crippen molar-refractivity contribution in [1.29, 1.82) is 0 Å². The van der Waals surface area contributed by atoms with E-state index in [1.165, 1.54) is 6.20 Å². The molecule has 2 rings (SSSR count). The number of benzene rings is 1. The van der Waals surface area contributed by atoms with E-state index in [9.17, 15) is 4.79 Å². The summed E-state index contributed by atoms with van der Waals surface area (Å²) in [6.45, 7) is 0. The average molecular weight is 203 g/mol. The zero-order chi connectivity index (χ0) is 10.5. The van der Waals surface area contributed by atoms with E-state index in [0.717, 1.165) is 0 Å². The Morgan fingerprint density at radius 3 is 2.80 bits per heavy atom. The fourth-order valence-corrected chi connectivity index (χ4v) is 1.06. The number of rotatable bonds is 2. The van der Waals surface area contributed by atoms with Crippen molar-refractivity contribution in [3.63, 3.8) is 0 Å². The third-order valence-corrected chi connectivity index (χ3v) is 1.70. The summed E-state index contributed by atoms with van der Waals surface area (Å²) in [5.74, 6) is 0.499. The molecule has 0 aliphatic rings. The van der Waals surface area contributed by atoms with Gasteiger partial charge in [-0.25, -0.2) is 4.79 Å². The second-order valence-electron chi connectivity index (χ2n) is 2.81. The number of hydrogen-bond acceptors (Lipinski definition) is 3. The molecule has 0 aliphatic heterocycles. The van der Waals surface area contributed by atoms with Gasteiger partial charge in [-0.1, -0.05) is 18.2 Å². The first kappa shape index (κ1) is 9.26. The van der Waals surface area contributed by atoms with Crippen molar-refractivity contribution in [2.45, 2.75) is 0 Å². The van der Waals surface area contributed by atoms with Crippen LogP contribution < -0.4 is 10.1 Å². The number of para-hydroxylation sites is 1. The summed E-state index contributed by atoms with van der Waals surface area (Å²) in [4.78, 5) is 11.3. The fourth-order valence-electron chi connectivity index (χ4n) is 1.06. The Balaban J connectivity index is 1.94. The van der Waals surface area contributed by atoms with Crippen LogP contribution in [-0.2, 0) is 0 Å². The van der Waals surface area contributed by atoms with Gasteiger partial charge >= 0.3 is 6.09 Å². The maximum atomic E-state index is 11.3. The van der Waals surface area contributed by atoms with Gasteiger partial charge in [0.2, 0.25) is 0 Å². The molecule has 76 valence electrons. The lowest BCUT2D eigenvalue weighted by atomic mass is 10.3. The molecule has 5 heteroatoms. The molecule has 1 heterocycles. The Kier molecular flexibility index (Phi) is 2.64. The number of H-pyrrole nitrogens is 1. The van der Waals surface area contributed by atoms with Crippen LogP contribution in [0.1, 0.15) is 0 Å². The number of amides is 1. The molecular formula is C10H9N3O2. The molecule has 15 heavy (non-hydrogen) atoms. The molecular weight excluding hydrogens is 194 g/mol. The Labute approximate surface area is 86.1 Å². The third-order valence-electron chi connectivity index (χ3n) is 1.70. The van der Waals surface area contributed by atoms with E-state index in [0.29, 0.717) is 11.4 Å². The summed E-state index contributed by atoms with van der Waals surface area (Å²) in [5, 5.41) is 8.78. The number of carbonyl (C=O) groups excluding carboxylic acids is 1. The predicted molar refractivity (Wildman–Crippen MR) is 54.7 cm³/mol. The number of carbonyl (C=O) groups is 1. The highest BCUT2D eigenvalue weighted by atomic mass is 16.6. The molecule has 0 fully saturated rings. The maximum Gasteiger partial charge on any atom is 0.417 e. The van der Waals surface area contributed by atoms with Gasteiger partial charge in [-0.3, -0.25) is 10.4 Å². The van der Waals surface area contributed by atoms with Gasteiger partial charge in [-0.05, 0) is 12.1 Å². The molecule has 0 unspecified atom stereocenters. The van der Waals surface area contributed by atoms with Crippen LogP contribution in [0.2, 0.25) is 0 Å². The van der Waals surface area contributed by atoms with Crippen LogP contribution >= 0.6 is 0 Å². The van der Waals surface area contributed by atoms with E-state index in [2.05, 4.69) is 15.5 Å². The van der Waals surface area contributed by atoms with Crippen LogP contribution in [0, 0.1) is 0 Å². The van der Waals surface area contributed by atoms with Crippen molar-refractivity contribution in [1.82, 2.24) is 10.2 Å². The van der Waals surface area contributed by atoms with Gasteiger partial charge in [-0.2, -0.15) is 5.10 Å². The van der Waals surface area contributed by atoms with Crippen molar-refractivity contribution in [2.75, 3.05) is 5.32 Å². The van der Waals surface area contributed by atoms with Crippen molar-refractivity contribution in [3.05, 3.63) is 42.7 Å².